The fourth-order valence-electron chi connectivity index (χ4n) is 2.48. The van der Waals surface area contributed by atoms with Crippen LogP contribution in [0.5, 0.6) is 0 Å². The average Bonchev–Trinajstić information content (AvgIpc) is 3.44. The number of rotatable bonds is 20. The van der Waals surface area contributed by atoms with Crippen LogP contribution in [0, 0.1) is 10.1 Å². The summed E-state index contributed by atoms with van der Waals surface area (Å²) in [7, 11) is 0. The standard InChI is InChI=1S/C18H29FN6O7/c19-1-6-28-9-12-31-13-14-32-16-17-15-24(22-21-17)5-8-30-11-10-29-7-4-23-3-2-20-18(23)25(26)27/h2-3,15H,1,4-14,16H2/i19-1. The van der Waals surface area contributed by atoms with E-state index in [2.05, 4.69) is 15.3 Å². The van der Waals surface area contributed by atoms with E-state index in [0.717, 1.165) is 0 Å². The Morgan fingerprint density at radius 1 is 0.906 bits per heavy atom. The Bertz CT molecular complexity index is 760. The van der Waals surface area contributed by atoms with Gasteiger partial charge < -0.3 is 33.8 Å². The second-order valence-electron chi connectivity index (χ2n) is 6.34. The summed E-state index contributed by atoms with van der Waals surface area (Å²) in [6.07, 6.45) is 4.70. The highest BCUT2D eigenvalue weighted by atomic mass is 18.2. The zero-order valence-electron chi connectivity index (χ0n) is 17.8. The van der Waals surface area contributed by atoms with Gasteiger partial charge in [-0.1, -0.05) is 10.2 Å². The third kappa shape index (κ3) is 10.7. The molecular formula is C18H29FN6O7. The van der Waals surface area contributed by atoms with Crippen LogP contribution in [0.15, 0.2) is 18.6 Å². The van der Waals surface area contributed by atoms with Crippen molar-refractivity contribution in [3.63, 3.8) is 0 Å². The van der Waals surface area contributed by atoms with Gasteiger partial charge in [-0.05, 0) is 4.92 Å². The highest BCUT2D eigenvalue weighted by molar-refractivity contribution is 5.06. The molecule has 180 valence electrons. The topological polar surface area (TPSA) is 138 Å². The summed E-state index contributed by atoms with van der Waals surface area (Å²) < 4.78 is 41.5. The lowest BCUT2D eigenvalue weighted by atomic mass is 10.5. The first-order chi connectivity index (χ1) is 15.7. The lowest BCUT2D eigenvalue weighted by Gasteiger charge is -2.06. The third-order valence-electron chi connectivity index (χ3n) is 3.97. The first-order valence-corrected chi connectivity index (χ1v) is 10.2. The van der Waals surface area contributed by atoms with E-state index in [-0.39, 0.29) is 12.6 Å². The Hall–Kier alpha value is -2.52. The molecule has 0 aliphatic heterocycles. The van der Waals surface area contributed by atoms with E-state index in [1.54, 1.807) is 10.9 Å². The highest BCUT2D eigenvalue weighted by Crippen LogP contribution is 2.06. The Morgan fingerprint density at radius 2 is 1.53 bits per heavy atom. The number of imidazole rings is 1. The molecule has 0 aromatic carbocycles. The van der Waals surface area contributed by atoms with E-state index in [1.807, 2.05) is 0 Å². The maximum atomic E-state index is 11.8. The van der Waals surface area contributed by atoms with E-state index in [9.17, 15) is 14.5 Å². The number of aromatic nitrogens is 5. The molecule has 0 unspecified atom stereocenters. The predicted molar refractivity (Wildman–Crippen MR) is 108 cm³/mol. The molecule has 0 fully saturated rings. The van der Waals surface area contributed by atoms with Crippen molar-refractivity contribution in [1.82, 2.24) is 24.5 Å². The number of nitro groups is 1. The van der Waals surface area contributed by atoms with E-state index in [4.69, 9.17) is 23.7 Å². The van der Waals surface area contributed by atoms with Gasteiger partial charge in [-0.15, -0.1) is 5.10 Å². The summed E-state index contributed by atoms with van der Waals surface area (Å²) >= 11 is 0. The molecule has 2 heterocycles. The van der Waals surface area contributed by atoms with Crippen molar-refractivity contribution < 1.29 is 33.0 Å². The van der Waals surface area contributed by atoms with Crippen LogP contribution in [0.1, 0.15) is 5.69 Å². The SMILES string of the molecule is O=[N+]([O-])c1nccn1CCOCCOCCn1cc(COCCOCCOCC[18F])nn1. The molecule has 13 nitrogen and oxygen atoms in total. The van der Waals surface area contributed by atoms with E-state index in [0.29, 0.717) is 78.2 Å². The molecule has 2 rings (SSSR count). The van der Waals surface area contributed by atoms with Gasteiger partial charge in [-0.25, -0.2) is 13.6 Å². The molecule has 0 aliphatic rings. The summed E-state index contributed by atoms with van der Waals surface area (Å²) in [5.41, 5.74) is 0.702. The number of alkyl halides is 1. The normalized spacial score (nSPS) is 11.3. The zero-order chi connectivity index (χ0) is 22.9. The first kappa shape index (κ1) is 25.7. The van der Waals surface area contributed by atoms with Gasteiger partial charge in [-0.2, -0.15) is 0 Å². The molecule has 32 heavy (non-hydrogen) atoms. The van der Waals surface area contributed by atoms with Crippen LogP contribution in [-0.4, -0.2) is 95.6 Å². The Labute approximate surface area is 184 Å². The summed E-state index contributed by atoms with van der Waals surface area (Å²) in [6, 6.07) is 0. The average molecular weight is 459 g/mol. The number of halogens is 1. The predicted octanol–water partition coefficient (Wildman–Crippen LogP) is 0.636. The molecule has 2 aromatic heterocycles. The molecule has 0 spiro atoms. The van der Waals surface area contributed by atoms with Gasteiger partial charge in [0.05, 0.1) is 85.4 Å². The summed E-state index contributed by atoms with van der Waals surface area (Å²) in [6.45, 7) is 3.95. The maximum absolute atomic E-state index is 11.8. The van der Waals surface area contributed by atoms with Crippen LogP contribution in [0.2, 0.25) is 0 Å². The molecule has 0 aliphatic carbocycles. The molecule has 0 atom stereocenters. The number of hydrogen-bond acceptors (Lipinski definition) is 10. The van der Waals surface area contributed by atoms with Crippen LogP contribution in [0.25, 0.3) is 0 Å². The third-order valence-corrected chi connectivity index (χ3v) is 3.97. The van der Waals surface area contributed by atoms with Gasteiger partial charge in [0.2, 0.25) is 0 Å². The van der Waals surface area contributed by atoms with Crippen LogP contribution < -0.4 is 0 Å². The molecule has 14 heteroatoms. The molecule has 0 saturated heterocycles. The van der Waals surface area contributed by atoms with E-state index in [1.165, 1.54) is 17.0 Å². The van der Waals surface area contributed by atoms with Crippen molar-refractivity contribution in [2.75, 3.05) is 66.1 Å². The van der Waals surface area contributed by atoms with Gasteiger partial charge in [0.1, 0.15) is 24.8 Å². The van der Waals surface area contributed by atoms with E-state index >= 15 is 0 Å². The Balaban J connectivity index is 1.42. The second-order valence-corrected chi connectivity index (χ2v) is 6.34. The largest absolute Gasteiger partial charge is 0.434 e. The Kier molecular flexibility index (Phi) is 13.0. The molecule has 0 N–H and O–H groups in total. The maximum Gasteiger partial charge on any atom is 0.434 e. The molecule has 0 amide bonds. The fraction of sp³-hybridized carbons (Fsp3) is 0.722. The number of ether oxygens (including phenoxy) is 5. The number of nitrogens with zero attached hydrogens (tertiary/aromatic N) is 6. The fourth-order valence-corrected chi connectivity index (χ4v) is 2.48. The quantitative estimate of drug-likeness (QED) is 0.157. The Morgan fingerprint density at radius 3 is 2.22 bits per heavy atom. The molecule has 0 radical (unpaired) electrons. The zero-order valence-corrected chi connectivity index (χ0v) is 17.8. The van der Waals surface area contributed by atoms with Crippen molar-refractivity contribution in [2.24, 2.45) is 0 Å². The van der Waals surface area contributed by atoms with Crippen molar-refractivity contribution in [2.45, 2.75) is 19.7 Å². The molecule has 2 aromatic rings. The summed E-state index contributed by atoms with van der Waals surface area (Å²) in [5, 5.41) is 18.8. The second kappa shape index (κ2) is 16.2. The monoisotopic (exact) mass is 459 g/mol. The summed E-state index contributed by atoms with van der Waals surface area (Å²) in [5.74, 6) is -0.201. The number of hydrogen-bond donors (Lipinski definition) is 0. The van der Waals surface area contributed by atoms with Gasteiger partial charge >= 0.3 is 5.95 Å². The molecule has 0 saturated carbocycles. The van der Waals surface area contributed by atoms with Crippen molar-refractivity contribution in [3.05, 3.63) is 34.4 Å². The minimum Gasteiger partial charge on any atom is -0.390 e. The first-order valence-electron chi connectivity index (χ1n) is 10.2. The van der Waals surface area contributed by atoms with Crippen molar-refractivity contribution in [1.29, 1.82) is 0 Å². The van der Waals surface area contributed by atoms with Crippen molar-refractivity contribution >= 4 is 5.95 Å². The van der Waals surface area contributed by atoms with E-state index < -0.39 is 11.6 Å². The van der Waals surface area contributed by atoms with Gasteiger partial charge in [0, 0.05) is 0 Å². The highest BCUT2D eigenvalue weighted by Gasteiger charge is 2.13. The van der Waals surface area contributed by atoms with Crippen molar-refractivity contribution in [3.8, 4) is 0 Å². The summed E-state index contributed by atoms with van der Waals surface area (Å²) in [4.78, 5) is 13.9. The smallest absolute Gasteiger partial charge is 0.390 e. The minimum absolute atomic E-state index is 0.0930. The molecule has 0 bridgehead atoms. The van der Waals surface area contributed by atoms with Gasteiger partial charge in [0.25, 0.3) is 0 Å². The van der Waals surface area contributed by atoms with Gasteiger partial charge in [0.15, 0.2) is 0 Å². The van der Waals surface area contributed by atoms with Crippen LogP contribution >= 0.6 is 0 Å². The minimum atomic E-state index is -0.532. The lowest BCUT2D eigenvalue weighted by Crippen LogP contribution is -2.13. The van der Waals surface area contributed by atoms with Crippen LogP contribution in [0.4, 0.5) is 10.3 Å². The van der Waals surface area contributed by atoms with Crippen LogP contribution in [0.3, 0.4) is 0 Å². The van der Waals surface area contributed by atoms with Crippen LogP contribution in [-0.2, 0) is 43.4 Å². The molecular weight excluding hydrogens is 430 g/mol. The van der Waals surface area contributed by atoms with Gasteiger partial charge in [-0.3, -0.25) is 0 Å². The lowest BCUT2D eigenvalue weighted by molar-refractivity contribution is -0.396.